The zero-order chi connectivity index (χ0) is 15.1. The molecular formula is C16H27NO4. The SMILES string of the molecule is O=C(O)CCC1CCCCN1C(=O)CCC1CCCCO1. The van der Waals surface area contributed by atoms with E-state index < -0.39 is 5.97 Å². The molecule has 2 heterocycles. The quantitative estimate of drug-likeness (QED) is 0.818. The maximum atomic E-state index is 12.4. The minimum Gasteiger partial charge on any atom is -0.481 e. The van der Waals surface area contributed by atoms with Crippen LogP contribution in [0.1, 0.15) is 64.2 Å². The molecule has 2 unspecified atom stereocenters. The minimum absolute atomic E-state index is 0.120. The molecule has 0 aromatic carbocycles. The van der Waals surface area contributed by atoms with E-state index in [4.69, 9.17) is 9.84 Å². The molecule has 2 rings (SSSR count). The monoisotopic (exact) mass is 297 g/mol. The number of hydrogen-bond donors (Lipinski definition) is 1. The lowest BCUT2D eigenvalue weighted by molar-refractivity contribution is -0.140. The van der Waals surface area contributed by atoms with E-state index in [-0.39, 0.29) is 24.5 Å². The zero-order valence-electron chi connectivity index (χ0n) is 12.8. The minimum atomic E-state index is -0.774. The summed E-state index contributed by atoms with van der Waals surface area (Å²) >= 11 is 0. The first-order valence-corrected chi connectivity index (χ1v) is 8.29. The van der Waals surface area contributed by atoms with Crippen LogP contribution < -0.4 is 0 Å². The van der Waals surface area contributed by atoms with E-state index >= 15 is 0 Å². The first-order chi connectivity index (χ1) is 10.2. The lowest BCUT2D eigenvalue weighted by Gasteiger charge is -2.36. The van der Waals surface area contributed by atoms with Gasteiger partial charge in [-0.25, -0.2) is 0 Å². The summed E-state index contributed by atoms with van der Waals surface area (Å²) in [5, 5.41) is 8.82. The Bertz CT molecular complexity index is 352. The van der Waals surface area contributed by atoms with Crippen molar-refractivity contribution < 1.29 is 19.4 Å². The summed E-state index contributed by atoms with van der Waals surface area (Å²) in [5.74, 6) is -0.595. The van der Waals surface area contributed by atoms with Crippen LogP contribution in [-0.4, -0.2) is 47.2 Å². The average molecular weight is 297 g/mol. The van der Waals surface area contributed by atoms with Crippen LogP contribution in [0.2, 0.25) is 0 Å². The predicted molar refractivity (Wildman–Crippen MR) is 79.0 cm³/mol. The maximum Gasteiger partial charge on any atom is 0.303 e. The highest BCUT2D eigenvalue weighted by Crippen LogP contribution is 2.23. The molecule has 0 spiro atoms. The van der Waals surface area contributed by atoms with Gasteiger partial charge in [0, 0.05) is 32.0 Å². The zero-order valence-corrected chi connectivity index (χ0v) is 12.8. The van der Waals surface area contributed by atoms with Crippen LogP contribution >= 0.6 is 0 Å². The van der Waals surface area contributed by atoms with Gasteiger partial charge in [-0.2, -0.15) is 0 Å². The van der Waals surface area contributed by atoms with Gasteiger partial charge in [-0.1, -0.05) is 0 Å². The number of likely N-dealkylation sites (tertiary alicyclic amines) is 1. The van der Waals surface area contributed by atoms with Crippen LogP contribution in [0.5, 0.6) is 0 Å². The second-order valence-corrected chi connectivity index (χ2v) is 6.20. The summed E-state index contributed by atoms with van der Waals surface area (Å²) in [7, 11) is 0. The summed E-state index contributed by atoms with van der Waals surface area (Å²) in [5.41, 5.74) is 0. The lowest BCUT2D eigenvalue weighted by atomic mass is 9.96. The van der Waals surface area contributed by atoms with Crippen molar-refractivity contribution in [2.45, 2.75) is 76.4 Å². The number of carboxylic acids is 1. The fourth-order valence-electron chi connectivity index (χ4n) is 3.38. The third-order valence-corrected chi connectivity index (χ3v) is 4.59. The normalized spacial score (nSPS) is 26.6. The maximum absolute atomic E-state index is 12.4. The van der Waals surface area contributed by atoms with Crippen molar-refractivity contribution >= 4 is 11.9 Å². The molecule has 0 bridgehead atoms. The van der Waals surface area contributed by atoms with Crippen molar-refractivity contribution in [2.24, 2.45) is 0 Å². The summed E-state index contributed by atoms with van der Waals surface area (Å²) in [4.78, 5) is 25.1. The molecule has 0 aliphatic carbocycles. The molecule has 1 amide bonds. The molecule has 2 atom stereocenters. The average Bonchev–Trinajstić information content (AvgIpc) is 2.52. The molecule has 2 aliphatic heterocycles. The van der Waals surface area contributed by atoms with Crippen molar-refractivity contribution in [1.29, 1.82) is 0 Å². The second kappa shape index (κ2) is 8.37. The summed E-state index contributed by atoms with van der Waals surface area (Å²) in [6.45, 7) is 1.61. The van der Waals surface area contributed by atoms with Gasteiger partial charge in [0.25, 0.3) is 0 Å². The first kappa shape index (κ1) is 16.3. The third-order valence-electron chi connectivity index (χ3n) is 4.59. The smallest absolute Gasteiger partial charge is 0.303 e. The number of hydrogen-bond acceptors (Lipinski definition) is 3. The molecule has 5 nitrogen and oxygen atoms in total. The van der Waals surface area contributed by atoms with Gasteiger partial charge < -0.3 is 14.7 Å². The topological polar surface area (TPSA) is 66.8 Å². The molecule has 1 N–H and O–H groups in total. The van der Waals surface area contributed by atoms with Gasteiger partial charge in [-0.3, -0.25) is 9.59 Å². The standard InChI is InChI=1S/C16H27NO4/c18-15(9-8-14-6-2-4-12-21-14)17-11-3-1-5-13(17)7-10-16(19)20/h13-14H,1-12H2,(H,19,20). The Hall–Kier alpha value is -1.10. The molecule has 5 heteroatoms. The highest BCUT2D eigenvalue weighted by atomic mass is 16.5. The van der Waals surface area contributed by atoms with Crippen molar-refractivity contribution in [1.82, 2.24) is 4.90 Å². The number of nitrogens with zero attached hydrogens (tertiary/aromatic N) is 1. The lowest BCUT2D eigenvalue weighted by Crippen LogP contribution is -2.44. The van der Waals surface area contributed by atoms with Gasteiger partial charge in [0.2, 0.25) is 5.91 Å². The Morgan fingerprint density at radius 2 is 1.86 bits per heavy atom. The van der Waals surface area contributed by atoms with E-state index in [0.29, 0.717) is 12.8 Å². The molecule has 2 fully saturated rings. The Balaban J connectivity index is 1.78. The molecule has 0 aromatic heterocycles. The van der Waals surface area contributed by atoms with Crippen molar-refractivity contribution in [2.75, 3.05) is 13.2 Å². The first-order valence-electron chi connectivity index (χ1n) is 8.29. The van der Waals surface area contributed by atoms with Crippen LogP contribution in [0, 0.1) is 0 Å². The van der Waals surface area contributed by atoms with E-state index in [1.165, 1.54) is 6.42 Å². The fraction of sp³-hybridized carbons (Fsp3) is 0.875. The largest absolute Gasteiger partial charge is 0.481 e. The van der Waals surface area contributed by atoms with Gasteiger partial charge in [0.05, 0.1) is 6.10 Å². The third kappa shape index (κ3) is 5.30. The Labute approximate surface area is 126 Å². The van der Waals surface area contributed by atoms with Crippen LogP contribution in [0.25, 0.3) is 0 Å². The van der Waals surface area contributed by atoms with Crippen LogP contribution in [-0.2, 0) is 14.3 Å². The van der Waals surface area contributed by atoms with Crippen molar-refractivity contribution in [3.05, 3.63) is 0 Å². The number of carbonyl (C=O) groups excluding carboxylic acids is 1. The van der Waals surface area contributed by atoms with E-state index in [0.717, 1.165) is 51.7 Å². The molecule has 120 valence electrons. The number of aliphatic carboxylic acids is 1. The molecule has 2 aliphatic rings. The molecule has 21 heavy (non-hydrogen) atoms. The number of amides is 1. The molecule has 0 radical (unpaired) electrons. The van der Waals surface area contributed by atoms with Gasteiger partial charge in [-0.15, -0.1) is 0 Å². The fourth-order valence-corrected chi connectivity index (χ4v) is 3.38. The van der Waals surface area contributed by atoms with E-state index in [1.54, 1.807) is 0 Å². The second-order valence-electron chi connectivity index (χ2n) is 6.20. The molecular weight excluding hydrogens is 270 g/mol. The Morgan fingerprint density at radius 1 is 1.05 bits per heavy atom. The number of carbonyl (C=O) groups is 2. The summed E-state index contributed by atoms with van der Waals surface area (Å²) in [6, 6.07) is 0.120. The van der Waals surface area contributed by atoms with E-state index in [2.05, 4.69) is 0 Å². The van der Waals surface area contributed by atoms with E-state index in [9.17, 15) is 9.59 Å². The van der Waals surface area contributed by atoms with Crippen LogP contribution in [0.15, 0.2) is 0 Å². The summed E-state index contributed by atoms with van der Waals surface area (Å²) < 4.78 is 5.67. The molecule has 0 aromatic rings. The van der Waals surface area contributed by atoms with Crippen LogP contribution in [0.3, 0.4) is 0 Å². The van der Waals surface area contributed by atoms with Crippen LogP contribution in [0.4, 0.5) is 0 Å². The Morgan fingerprint density at radius 3 is 2.57 bits per heavy atom. The van der Waals surface area contributed by atoms with Crippen molar-refractivity contribution in [3.8, 4) is 0 Å². The molecule has 2 saturated heterocycles. The highest BCUT2D eigenvalue weighted by Gasteiger charge is 2.27. The predicted octanol–water partition coefficient (Wildman–Crippen LogP) is 2.58. The highest BCUT2D eigenvalue weighted by molar-refractivity contribution is 5.76. The van der Waals surface area contributed by atoms with Gasteiger partial charge in [0.1, 0.15) is 0 Å². The summed E-state index contributed by atoms with van der Waals surface area (Å²) in [6.07, 6.45) is 8.79. The number of carboxylic acid groups (broad SMARTS) is 1. The molecule has 0 saturated carbocycles. The van der Waals surface area contributed by atoms with Gasteiger partial charge in [0.15, 0.2) is 0 Å². The van der Waals surface area contributed by atoms with E-state index in [1.807, 2.05) is 4.90 Å². The number of rotatable bonds is 6. The number of ether oxygens (including phenoxy) is 1. The number of piperidine rings is 1. The Kier molecular flexibility index (Phi) is 6.49. The van der Waals surface area contributed by atoms with Gasteiger partial charge in [-0.05, 0) is 51.4 Å². The van der Waals surface area contributed by atoms with Crippen molar-refractivity contribution in [3.63, 3.8) is 0 Å². The van der Waals surface area contributed by atoms with Gasteiger partial charge >= 0.3 is 5.97 Å².